The summed E-state index contributed by atoms with van der Waals surface area (Å²) in [4.78, 5) is 12.3. The molecule has 0 aliphatic carbocycles. The normalized spacial score (nSPS) is 16.6. The summed E-state index contributed by atoms with van der Waals surface area (Å²) in [6.45, 7) is 3.80. The van der Waals surface area contributed by atoms with Crippen LogP contribution in [0.25, 0.3) is 5.69 Å². The quantitative estimate of drug-likeness (QED) is 0.704. The van der Waals surface area contributed by atoms with Gasteiger partial charge in [-0.25, -0.2) is 13.5 Å². The number of thioether (sulfide) groups is 1. The molecule has 0 fully saturated rings. The van der Waals surface area contributed by atoms with E-state index in [1.807, 2.05) is 38.1 Å². The van der Waals surface area contributed by atoms with Gasteiger partial charge in [0.05, 0.1) is 22.4 Å². The Morgan fingerprint density at radius 2 is 1.89 bits per heavy atom. The lowest BCUT2D eigenvalue weighted by Crippen LogP contribution is -2.15. The van der Waals surface area contributed by atoms with E-state index in [1.54, 1.807) is 4.68 Å². The van der Waals surface area contributed by atoms with E-state index in [9.17, 15) is 13.6 Å². The summed E-state index contributed by atoms with van der Waals surface area (Å²) in [5.41, 5.74) is 3.46. The van der Waals surface area contributed by atoms with Gasteiger partial charge in [0, 0.05) is 11.1 Å². The molecule has 1 aliphatic rings. The summed E-state index contributed by atoms with van der Waals surface area (Å²) >= 11 is 1.26. The zero-order valence-corrected chi connectivity index (χ0v) is 15.6. The van der Waals surface area contributed by atoms with E-state index in [0.29, 0.717) is 17.1 Å². The van der Waals surface area contributed by atoms with E-state index >= 15 is 0 Å². The third kappa shape index (κ3) is 3.23. The van der Waals surface area contributed by atoms with Crippen LogP contribution in [0.1, 0.15) is 27.6 Å². The maximum absolute atomic E-state index is 14.5. The second-order valence-corrected chi connectivity index (χ2v) is 7.59. The molecule has 138 valence electrons. The third-order valence-corrected chi connectivity index (χ3v) is 5.78. The molecular weight excluding hydrogens is 368 g/mol. The number of hydrogen-bond donors (Lipinski definition) is 1. The van der Waals surface area contributed by atoms with Crippen LogP contribution in [0.5, 0.6) is 0 Å². The second kappa shape index (κ2) is 6.81. The molecule has 1 atom stereocenters. The van der Waals surface area contributed by atoms with E-state index in [-0.39, 0.29) is 17.2 Å². The Kier molecular flexibility index (Phi) is 4.47. The number of carbonyl (C=O) groups excluding carboxylic acids is 1. The molecule has 1 N–H and O–H groups in total. The minimum atomic E-state index is -0.533. The van der Waals surface area contributed by atoms with Crippen LogP contribution < -0.4 is 5.32 Å². The zero-order valence-electron chi connectivity index (χ0n) is 14.8. The topological polar surface area (TPSA) is 46.9 Å². The number of amides is 1. The highest BCUT2D eigenvalue weighted by Gasteiger charge is 2.32. The molecule has 1 aliphatic heterocycles. The van der Waals surface area contributed by atoms with Gasteiger partial charge >= 0.3 is 0 Å². The summed E-state index contributed by atoms with van der Waals surface area (Å²) in [5, 5.41) is 6.92. The molecule has 7 heteroatoms. The van der Waals surface area contributed by atoms with Crippen molar-refractivity contribution in [1.29, 1.82) is 0 Å². The first-order valence-corrected chi connectivity index (χ1v) is 9.52. The minimum absolute atomic E-state index is 0.142. The molecule has 1 amide bonds. The van der Waals surface area contributed by atoms with Crippen molar-refractivity contribution in [3.8, 4) is 5.69 Å². The van der Waals surface area contributed by atoms with Crippen molar-refractivity contribution < 1.29 is 13.6 Å². The van der Waals surface area contributed by atoms with Gasteiger partial charge in [0.15, 0.2) is 0 Å². The molecule has 0 bridgehead atoms. The first-order chi connectivity index (χ1) is 12.9. The molecule has 2 heterocycles. The summed E-state index contributed by atoms with van der Waals surface area (Å²) < 4.78 is 29.9. The number of aryl methyl sites for hydroxylation is 2. The van der Waals surface area contributed by atoms with Crippen LogP contribution in [0.15, 0.2) is 42.5 Å². The van der Waals surface area contributed by atoms with Gasteiger partial charge in [-0.05, 0) is 44.2 Å². The van der Waals surface area contributed by atoms with E-state index < -0.39 is 16.9 Å². The lowest BCUT2D eigenvalue weighted by atomic mass is 10.0. The summed E-state index contributed by atoms with van der Waals surface area (Å²) in [7, 11) is 0. The Bertz CT molecular complexity index is 1030. The standard InChI is InChI=1S/C20H17F2N3OS/c1-11-3-6-14(7-4-11)25-20-18(12(2)24-25)19(27-10-17(26)23-20)15-9-13(21)5-8-16(15)22/h3-9,19H,10H2,1-2H3,(H,23,26)/t19-/m0/s1. The average molecular weight is 385 g/mol. The van der Waals surface area contributed by atoms with E-state index in [0.717, 1.165) is 23.4 Å². The molecule has 0 saturated carbocycles. The van der Waals surface area contributed by atoms with Crippen molar-refractivity contribution in [2.24, 2.45) is 0 Å². The summed E-state index contributed by atoms with van der Waals surface area (Å²) in [6, 6.07) is 11.1. The second-order valence-electron chi connectivity index (χ2n) is 6.50. The zero-order chi connectivity index (χ0) is 19.1. The molecule has 4 nitrogen and oxygen atoms in total. The van der Waals surface area contributed by atoms with Crippen molar-refractivity contribution >= 4 is 23.5 Å². The van der Waals surface area contributed by atoms with Gasteiger partial charge in [-0.3, -0.25) is 4.79 Å². The fourth-order valence-electron chi connectivity index (χ4n) is 3.22. The lowest BCUT2D eigenvalue weighted by molar-refractivity contribution is -0.113. The molecule has 0 radical (unpaired) electrons. The SMILES string of the molecule is Cc1ccc(-n2nc(C)c3c2NC(=O)CS[C@H]3c2cc(F)ccc2F)cc1. The monoisotopic (exact) mass is 385 g/mol. The van der Waals surface area contributed by atoms with E-state index in [1.165, 1.54) is 17.8 Å². The highest BCUT2D eigenvalue weighted by molar-refractivity contribution is 8.00. The van der Waals surface area contributed by atoms with Crippen molar-refractivity contribution in [3.05, 3.63) is 76.5 Å². The molecule has 3 aromatic rings. The predicted molar refractivity (Wildman–Crippen MR) is 102 cm³/mol. The lowest BCUT2D eigenvalue weighted by Gasteiger charge is -2.16. The first-order valence-electron chi connectivity index (χ1n) is 8.47. The number of benzene rings is 2. The Labute approximate surface area is 159 Å². The van der Waals surface area contributed by atoms with Crippen LogP contribution in [-0.2, 0) is 4.79 Å². The summed E-state index contributed by atoms with van der Waals surface area (Å²) in [5.74, 6) is -0.575. The van der Waals surface area contributed by atoms with Crippen LogP contribution in [0.2, 0.25) is 0 Å². The maximum atomic E-state index is 14.5. The van der Waals surface area contributed by atoms with Gasteiger partial charge in [-0.2, -0.15) is 5.10 Å². The highest BCUT2D eigenvalue weighted by atomic mass is 32.2. The molecule has 1 aromatic heterocycles. The average Bonchev–Trinajstić information content (AvgIpc) is 2.84. The maximum Gasteiger partial charge on any atom is 0.235 e. The van der Waals surface area contributed by atoms with Crippen LogP contribution >= 0.6 is 11.8 Å². The fraction of sp³-hybridized carbons (Fsp3) is 0.200. The fourth-order valence-corrected chi connectivity index (χ4v) is 4.42. The van der Waals surface area contributed by atoms with E-state index in [4.69, 9.17) is 0 Å². The van der Waals surface area contributed by atoms with E-state index in [2.05, 4.69) is 10.4 Å². The number of rotatable bonds is 2. The number of hydrogen-bond acceptors (Lipinski definition) is 3. The number of nitrogens with zero attached hydrogens (tertiary/aromatic N) is 2. The van der Waals surface area contributed by atoms with Gasteiger partial charge in [0.25, 0.3) is 0 Å². The van der Waals surface area contributed by atoms with Crippen molar-refractivity contribution in [2.75, 3.05) is 11.1 Å². The third-order valence-electron chi connectivity index (χ3n) is 4.53. The van der Waals surface area contributed by atoms with Crippen molar-refractivity contribution in [3.63, 3.8) is 0 Å². The molecule has 0 unspecified atom stereocenters. The number of halogens is 2. The number of anilines is 1. The molecule has 0 spiro atoms. The molecular formula is C20H17F2N3OS. The Morgan fingerprint density at radius 3 is 2.63 bits per heavy atom. The molecule has 27 heavy (non-hydrogen) atoms. The minimum Gasteiger partial charge on any atom is -0.310 e. The Morgan fingerprint density at radius 1 is 1.15 bits per heavy atom. The van der Waals surface area contributed by atoms with Gasteiger partial charge < -0.3 is 5.32 Å². The summed E-state index contributed by atoms with van der Waals surface area (Å²) in [6.07, 6.45) is 0. The Balaban J connectivity index is 1.91. The highest BCUT2D eigenvalue weighted by Crippen LogP contribution is 2.44. The van der Waals surface area contributed by atoms with Crippen LogP contribution in [0.3, 0.4) is 0 Å². The van der Waals surface area contributed by atoms with Gasteiger partial charge in [-0.1, -0.05) is 17.7 Å². The first kappa shape index (κ1) is 17.7. The molecule has 4 rings (SSSR count). The van der Waals surface area contributed by atoms with Gasteiger partial charge in [0.2, 0.25) is 5.91 Å². The molecule has 2 aromatic carbocycles. The number of fused-ring (bicyclic) bond motifs is 1. The van der Waals surface area contributed by atoms with Crippen LogP contribution in [-0.4, -0.2) is 21.4 Å². The number of aromatic nitrogens is 2. The van der Waals surface area contributed by atoms with Crippen molar-refractivity contribution in [1.82, 2.24) is 9.78 Å². The Hall–Kier alpha value is -2.67. The van der Waals surface area contributed by atoms with Crippen LogP contribution in [0.4, 0.5) is 14.6 Å². The predicted octanol–water partition coefficient (Wildman–Crippen LogP) is 4.54. The smallest absolute Gasteiger partial charge is 0.235 e. The molecule has 0 saturated heterocycles. The van der Waals surface area contributed by atoms with Crippen molar-refractivity contribution in [2.45, 2.75) is 19.1 Å². The number of nitrogens with one attached hydrogen (secondary N) is 1. The van der Waals surface area contributed by atoms with Gasteiger partial charge in [0.1, 0.15) is 17.5 Å². The largest absolute Gasteiger partial charge is 0.310 e. The van der Waals surface area contributed by atoms with Crippen LogP contribution in [0, 0.1) is 25.5 Å². The van der Waals surface area contributed by atoms with Gasteiger partial charge in [-0.15, -0.1) is 11.8 Å². The number of carbonyl (C=O) groups is 1.